The number of pyridine rings is 3. The molecule has 0 atom stereocenters. The molecular weight excluding hydrogens is 1870 g/mol. The Hall–Kier alpha value is -13.6. The number of nitrogens with two attached hydrogens (primary N) is 1. The summed E-state index contributed by atoms with van der Waals surface area (Å²) in [5.41, 5.74) is 6.66. The molecule has 0 spiro atoms. The minimum Gasteiger partial charge on any atom is -0.384 e. The van der Waals surface area contributed by atoms with E-state index in [0.717, 1.165) is 156 Å². The van der Waals surface area contributed by atoms with Gasteiger partial charge in [-0.25, -0.2) is 53.0 Å². The third-order valence-electron chi connectivity index (χ3n) is 24.8. The van der Waals surface area contributed by atoms with E-state index in [1.165, 1.54) is 32.3 Å². The molecule has 48 heteroatoms. The zero-order valence-corrected chi connectivity index (χ0v) is 81.5. The number of rotatable bonds is 30. The number of nitrogens with one attached hydrogen (secondary N) is 6. The normalized spacial score (nSPS) is 16.3. The summed E-state index contributed by atoms with van der Waals surface area (Å²) < 4.78 is 133. The molecular formula is C95H124F9N31O8. The van der Waals surface area contributed by atoms with Crippen molar-refractivity contribution in [1.82, 2.24) is 124 Å². The van der Waals surface area contributed by atoms with Crippen LogP contribution in [0.5, 0.6) is 0 Å². The van der Waals surface area contributed by atoms with Crippen molar-refractivity contribution in [2.45, 2.75) is 109 Å². The monoisotopic (exact) mass is 2000 g/mol. The molecule has 9 amide bonds. The van der Waals surface area contributed by atoms with Gasteiger partial charge in [0.15, 0.2) is 40.7 Å². The van der Waals surface area contributed by atoms with Crippen LogP contribution in [-0.4, -0.2) is 357 Å². The van der Waals surface area contributed by atoms with Crippen molar-refractivity contribution in [2.24, 2.45) is 0 Å². The Bertz CT molecular complexity index is 5790. The standard InChI is InChI=1S/C33H43F3N10O3.C32H42F3N11O3.C30H39F3N10O2/c1-37-32(49)39-28-19-26(33(34,35)36)25(20-38-28)30-40-31(45-12-5-4-6-13-45)27-18-23(22-46(27)41-30)21-43-14-16-44(17-15-43)29(48)10-9-24(47)8-7-11-42(2)3;1-36-31(49)39-26-17-24(32(33,34)35)23(18-37-26)29-40-30(45-10-5-4-6-11-45)25-16-22(21-46(25)41-29)20-43-12-14-44(15-13-43)28(48)19-38-27(47)8-7-9-42(2)3;1-39(2)8-6-7-26(44)36-18-27(45)41-13-11-40(12-14-41)19-21-15-24-29(42-9-4-3-5-10-42)37-28(38-43(24)20-21)22-17-35-25(34)16-23(22)30(31,32)33/h7-8,18-20,22H,4-6,9-17,21H2,1-3H3,(H2,37,38,39,49);7-8,16-18,21H,4-6,9-15,19-20H2,1-3H3,(H,38,47)(H2,36,37,39,49);6-7,15-17,20H,3-5,8-14,18-19H2,1-2H3,(H2,34,35)(H,36,44)/b2*8-7+;7-6+. The van der Waals surface area contributed by atoms with E-state index < -0.39 is 47.3 Å². The lowest BCUT2D eigenvalue weighted by Crippen LogP contribution is -2.50. The Morgan fingerprint density at radius 1 is 0.385 bits per heavy atom. The summed E-state index contributed by atoms with van der Waals surface area (Å²) in [6.07, 6.45) is 13.3. The molecule has 6 aliphatic heterocycles. The van der Waals surface area contributed by atoms with Crippen LogP contribution in [0.2, 0.25) is 0 Å². The van der Waals surface area contributed by atoms with Crippen LogP contribution in [0.1, 0.15) is 104 Å². The number of hydrogen-bond donors (Lipinski definition) is 7. The van der Waals surface area contributed by atoms with Gasteiger partial charge in [-0.2, -0.15) is 39.5 Å². The number of nitrogen functional groups attached to an aromatic ring is 1. The smallest absolute Gasteiger partial charge is 0.384 e. The lowest BCUT2D eigenvalue weighted by Gasteiger charge is -2.34. The zero-order valence-electron chi connectivity index (χ0n) is 81.5. The maximum absolute atomic E-state index is 14.3. The van der Waals surface area contributed by atoms with E-state index in [2.05, 4.69) is 107 Å². The highest BCUT2D eigenvalue weighted by atomic mass is 19.4. The number of aromatic nitrogens is 12. The predicted molar refractivity (Wildman–Crippen MR) is 521 cm³/mol. The lowest BCUT2D eigenvalue weighted by molar-refractivity contribution is -0.137. The number of amides is 9. The summed E-state index contributed by atoms with van der Waals surface area (Å²) in [7, 11) is 14.1. The van der Waals surface area contributed by atoms with Gasteiger partial charge in [0.1, 0.15) is 34.0 Å². The van der Waals surface area contributed by atoms with Crippen LogP contribution in [0.4, 0.5) is 84.0 Å². The van der Waals surface area contributed by atoms with Gasteiger partial charge >= 0.3 is 30.6 Å². The molecule has 6 saturated heterocycles. The highest BCUT2D eigenvalue weighted by Crippen LogP contribution is 2.42. The first-order valence-corrected chi connectivity index (χ1v) is 47.7. The topological polar surface area (TPSA) is 403 Å². The van der Waals surface area contributed by atoms with Crippen molar-refractivity contribution in [1.29, 1.82) is 0 Å². The van der Waals surface area contributed by atoms with Gasteiger partial charge in [0, 0.05) is 233 Å². The van der Waals surface area contributed by atoms with E-state index >= 15 is 0 Å². The number of nitrogens with zero attached hydrogens (tertiary/aromatic N) is 24. The Morgan fingerprint density at radius 3 is 1.01 bits per heavy atom. The van der Waals surface area contributed by atoms with Crippen LogP contribution >= 0.6 is 0 Å². The van der Waals surface area contributed by atoms with E-state index in [0.29, 0.717) is 146 Å². The summed E-state index contributed by atoms with van der Waals surface area (Å²) in [4.78, 5) is 148. The average molecular weight is 2000 g/mol. The number of fused-ring (bicyclic) bond motifs is 3. The maximum Gasteiger partial charge on any atom is 0.417 e. The summed E-state index contributed by atoms with van der Waals surface area (Å²) in [6.45, 7) is 14.7. The first kappa shape index (κ1) is 107. The molecule has 770 valence electrons. The van der Waals surface area contributed by atoms with Gasteiger partial charge in [-0.15, -0.1) is 15.3 Å². The van der Waals surface area contributed by atoms with Crippen LogP contribution < -0.4 is 52.3 Å². The molecule has 8 N–H and O–H groups in total. The van der Waals surface area contributed by atoms with Gasteiger partial charge in [0.05, 0.1) is 46.5 Å². The second-order valence-corrected chi connectivity index (χ2v) is 36.6. The number of carbonyl (C=O) groups excluding carboxylic acids is 8. The van der Waals surface area contributed by atoms with Crippen molar-refractivity contribution in [2.75, 3.05) is 238 Å². The van der Waals surface area contributed by atoms with Crippen LogP contribution in [0.25, 0.3) is 50.7 Å². The summed E-state index contributed by atoms with van der Waals surface area (Å²) >= 11 is 0. The molecule has 0 aromatic carbocycles. The van der Waals surface area contributed by atoms with Gasteiger partial charge in [0.25, 0.3) is 0 Å². The average Bonchev–Trinajstić information content (AvgIpc) is 1.66. The number of ketones is 1. The number of anilines is 6. The zero-order chi connectivity index (χ0) is 102. The Balaban J connectivity index is 0.000000180. The first-order valence-electron chi connectivity index (χ1n) is 47.7. The maximum atomic E-state index is 14.3. The van der Waals surface area contributed by atoms with Gasteiger partial charge in [-0.05, 0) is 159 Å². The molecule has 6 aliphatic rings. The molecule has 0 bridgehead atoms. The minimum absolute atomic E-state index is 0.0391. The van der Waals surface area contributed by atoms with Crippen molar-refractivity contribution >= 4 is 98.8 Å². The van der Waals surface area contributed by atoms with E-state index in [1.54, 1.807) is 52.7 Å². The number of carbonyl (C=O) groups is 8. The third kappa shape index (κ3) is 29.8. The molecule has 0 aliphatic carbocycles. The van der Waals surface area contributed by atoms with Crippen molar-refractivity contribution in [3.8, 4) is 34.2 Å². The number of hydrogen-bond acceptors (Lipinski definition) is 27. The van der Waals surface area contributed by atoms with Gasteiger partial charge in [-0.1, -0.05) is 18.2 Å². The SMILES string of the molecule is CN(C)C/C=C/C(=O)NCC(=O)N1CCN(Cc2cc3c(N4CCCCC4)nc(-c4cnc(N)cc4C(F)(F)F)nn3c2)CC1.CNC(=O)Nc1cc(C(F)(F)F)c(-c2nc(N3CCCCC3)c3cc(CN4CCN(C(=O)CCC(=O)/C=C/CN(C)C)CC4)cn3n2)cn1.CNC(=O)Nc1cc(C(F)(F)F)c(-c2nc(N3CCCCC3)c3cc(CN4CCN(C(=O)CNC(=O)/C=C/CN(C)C)CC4)cn3n2)cn1. The molecule has 0 saturated carbocycles. The second-order valence-electron chi connectivity index (χ2n) is 36.6. The number of alkyl halides is 9. The summed E-state index contributed by atoms with van der Waals surface area (Å²) in [5.74, 6) is -0.382. The Morgan fingerprint density at radius 2 is 0.692 bits per heavy atom. The molecule has 15 heterocycles. The van der Waals surface area contributed by atoms with Crippen LogP contribution in [-0.2, 0) is 66.9 Å². The number of likely N-dealkylation sites (N-methyl/N-ethyl adjacent to an activating group) is 3. The van der Waals surface area contributed by atoms with Crippen molar-refractivity contribution in [3.05, 3.63) is 143 Å². The molecule has 9 aromatic heterocycles. The van der Waals surface area contributed by atoms with E-state index in [9.17, 15) is 77.9 Å². The third-order valence-corrected chi connectivity index (χ3v) is 24.8. The quantitative estimate of drug-likeness (QED) is 0.0164. The number of piperazine rings is 3. The summed E-state index contributed by atoms with van der Waals surface area (Å²) in [5, 5.41) is 28.0. The van der Waals surface area contributed by atoms with Gasteiger partial charge in [-0.3, -0.25) is 54.1 Å². The first-order chi connectivity index (χ1) is 68.3. The number of halogens is 9. The van der Waals surface area contributed by atoms with Crippen LogP contribution in [0, 0.1) is 0 Å². The molecule has 39 nitrogen and oxygen atoms in total. The number of piperidine rings is 3. The van der Waals surface area contributed by atoms with Crippen molar-refractivity contribution in [3.63, 3.8) is 0 Å². The highest BCUT2D eigenvalue weighted by Gasteiger charge is 2.40. The van der Waals surface area contributed by atoms with Gasteiger partial charge < -0.3 is 71.1 Å². The summed E-state index contributed by atoms with van der Waals surface area (Å²) in [6, 6.07) is 6.90. The lowest BCUT2D eigenvalue weighted by atomic mass is 10.1. The number of allylic oxidation sites excluding steroid dienone is 1. The molecule has 6 fully saturated rings. The fraction of sp³-hybridized carbons (Fsp3) is 0.505. The predicted octanol–water partition coefficient (Wildman–Crippen LogP) is 8.35. The van der Waals surface area contributed by atoms with E-state index in [1.807, 2.05) is 87.6 Å². The van der Waals surface area contributed by atoms with E-state index in [-0.39, 0.29) is 113 Å². The Kier molecular flexibility index (Phi) is 36.5. The fourth-order valence-electron chi connectivity index (χ4n) is 17.4. The molecule has 0 unspecified atom stereocenters. The van der Waals surface area contributed by atoms with E-state index in [4.69, 9.17) is 5.73 Å². The second kappa shape index (κ2) is 48.9. The molecule has 15 rings (SSSR count). The molecule has 9 aromatic rings. The van der Waals surface area contributed by atoms with Crippen LogP contribution in [0.15, 0.2) is 110 Å². The Labute approximate surface area is 821 Å². The van der Waals surface area contributed by atoms with Gasteiger partial charge in [0.2, 0.25) is 29.5 Å². The minimum atomic E-state index is -4.76. The molecule has 143 heavy (non-hydrogen) atoms. The van der Waals surface area contributed by atoms with Crippen LogP contribution in [0.3, 0.4) is 0 Å². The fourth-order valence-corrected chi connectivity index (χ4v) is 17.4. The molecule has 0 radical (unpaired) electrons. The highest BCUT2D eigenvalue weighted by molar-refractivity contribution is 5.94. The largest absolute Gasteiger partial charge is 0.417 e. The van der Waals surface area contributed by atoms with Crippen molar-refractivity contribution < 1.29 is 77.9 Å². The number of urea groups is 2.